The second-order valence-corrected chi connectivity index (χ2v) is 3.04. The molecule has 1 aliphatic rings. The summed E-state index contributed by atoms with van der Waals surface area (Å²) in [5.41, 5.74) is 0. The van der Waals surface area contributed by atoms with Crippen molar-refractivity contribution in [2.24, 2.45) is 5.92 Å². The van der Waals surface area contributed by atoms with E-state index in [-0.39, 0.29) is 0 Å². The monoisotopic (exact) mass is 113 g/mol. The van der Waals surface area contributed by atoms with E-state index in [4.69, 9.17) is 0 Å². The van der Waals surface area contributed by atoms with Gasteiger partial charge in [-0.15, -0.1) is 0 Å². The van der Waals surface area contributed by atoms with Crippen LogP contribution in [0.25, 0.3) is 0 Å². The van der Waals surface area contributed by atoms with Gasteiger partial charge < -0.3 is 4.90 Å². The molecule has 0 spiro atoms. The fourth-order valence-corrected chi connectivity index (χ4v) is 1.00. The van der Waals surface area contributed by atoms with Crippen molar-refractivity contribution in [1.82, 2.24) is 4.90 Å². The van der Waals surface area contributed by atoms with E-state index >= 15 is 0 Å². The van der Waals surface area contributed by atoms with E-state index in [1.54, 1.807) is 0 Å². The highest BCUT2D eigenvalue weighted by Crippen LogP contribution is 2.33. The molecule has 1 aliphatic carbocycles. The Morgan fingerprint density at radius 3 is 2.00 bits per heavy atom. The second kappa shape index (κ2) is 2.06. The largest absolute Gasteiger partial charge is 0.306 e. The van der Waals surface area contributed by atoms with E-state index in [9.17, 15) is 0 Å². The van der Waals surface area contributed by atoms with Gasteiger partial charge in [0.2, 0.25) is 0 Å². The Balaban J connectivity index is 2.22. The third-order valence-electron chi connectivity index (χ3n) is 2.12. The lowest BCUT2D eigenvalue weighted by atomic mass is 10.2. The summed E-state index contributed by atoms with van der Waals surface area (Å²) in [6.07, 6.45) is 2.92. The summed E-state index contributed by atoms with van der Waals surface area (Å²) in [4.78, 5) is 2.30. The summed E-state index contributed by atoms with van der Waals surface area (Å²) in [5.74, 6) is 1.02. The van der Waals surface area contributed by atoms with Crippen molar-refractivity contribution >= 4 is 0 Å². The van der Waals surface area contributed by atoms with Gasteiger partial charge >= 0.3 is 0 Å². The Bertz CT molecular complexity index is 72.5. The minimum Gasteiger partial charge on any atom is -0.306 e. The van der Waals surface area contributed by atoms with Gasteiger partial charge in [-0.2, -0.15) is 0 Å². The molecular weight excluding hydrogens is 98.1 g/mol. The van der Waals surface area contributed by atoms with E-state index in [2.05, 4.69) is 25.9 Å². The standard InChI is InChI=1S/C7H15N/c1-6(8(2)3)7-4-5-7/h6-7H,4-5H2,1-3H3/t6-/m1/s1. The van der Waals surface area contributed by atoms with Crippen molar-refractivity contribution in [1.29, 1.82) is 0 Å². The molecule has 8 heavy (non-hydrogen) atoms. The lowest BCUT2D eigenvalue weighted by Crippen LogP contribution is -2.26. The van der Waals surface area contributed by atoms with Crippen molar-refractivity contribution in [2.75, 3.05) is 14.1 Å². The second-order valence-electron chi connectivity index (χ2n) is 3.04. The quantitative estimate of drug-likeness (QED) is 0.522. The van der Waals surface area contributed by atoms with Gasteiger partial charge in [0.1, 0.15) is 0 Å². The zero-order valence-electron chi connectivity index (χ0n) is 6.02. The maximum Gasteiger partial charge on any atom is 0.00891 e. The van der Waals surface area contributed by atoms with Gasteiger partial charge in [0, 0.05) is 6.04 Å². The fraction of sp³-hybridized carbons (Fsp3) is 1.00. The maximum atomic E-state index is 2.30. The smallest absolute Gasteiger partial charge is 0.00891 e. The molecule has 0 aliphatic heterocycles. The van der Waals surface area contributed by atoms with Crippen LogP contribution in [0.5, 0.6) is 0 Å². The first-order valence-electron chi connectivity index (χ1n) is 3.38. The van der Waals surface area contributed by atoms with Crippen LogP contribution in [0.1, 0.15) is 19.8 Å². The Kier molecular flexibility index (Phi) is 1.57. The molecule has 1 nitrogen and oxygen atoms in total. The van der Waals surface area contributed by atoms with Crippen LogP contribution in [0.15, 0.2) is 0 Å². The Morgan fingerprint density at radius 1 is 1.38 bits per heavy atom. The van der Waals surface area contributed by atoms with Gasteiger partial charge in [-0.1, -0.05) is 0 Å². The predicted octanol–water partition coefficient (Wildman–Crippen LogP) is 1.35. The molecule has 1 rings (SSSR count). The molecule has 0 saturated heterocycles. The lowest BCUT2D eigenvalue weighted by molar-refractivity contribution is 0.285. The van der Waals surface area contributed by atoms with E-state index in [1.165, 1.54) is 12.8 Å². The van der Waals surface area contributed by atoms with E-state index < -0.39 is 0 Å². The van der Waals surface area contributed by atoms with Crippen LogP contribution < -0.4 is 0 Å². The van der Waals surface area contributed by atoms with Crippen molar-refractivity contribution in [3.05, 3.63) is 0 Å². The van der Waals surface area contributed by atoms with E-state index in [0.29, 0.717) is 0 Å². The van der Waals surface area contributed by atoms with Crippen LogP contribution >= 0.6 is 0 Å². The highest BCUT2D eigenvalue weighted by atomic mass is 15.1. The molecule has 0 aromatic rings. The summed E-state index contributed by atoms with van der Waals surface area (Å²) in [5, 5.41) is 0. The Hall–Kier alpha value is -0.0400. The predicted molar refractivity (Wildman–Crippen MR) is 35.9 cm³/mol. The first kappa shape index (κ1) is 6.09. The molecule has 0 bridgehead atoms. The minimum absolute atomic E-state index is 0.815. The van der Waals surface area contributed by atoms with E-state index in [0.717, 1.165) is 12.0 Å². The third kappa shape index (κ3) is 1.22. The molecule has 0 radical (unpaired) electrons. The molecule has 1 heteroatoms. The third-order valence-corrected chi connectivity index (χ3v) is 2.12. The van der Waals surface area contributed by atoms with Crippen molar-refractivity contribution in [3.8, 4) is 0 Å². The summed E-state index contributed by atoms with van der Waals surface area (Å²) in [6.45, 7) is 2.30. The van der Waals surface area contributed by atoms with Crippen LogP contribution in [-0.4, -0.2) is 25.0 Å². The van der Waals surface area contributed by atoms with Gasteiger partial charge in [-0.05, 0) is 39.8 Å². The van der Waals surface area contributed by atoms with Crippen LogP contribution in [-0.2, 0) is 0 Å². The van der Waals surface area contributed by atoms with Crippen molar-refractivity contribution in [3.63, 3.8) is 0 Å². The molecule has 0 aromatic carbocycles. The lowest BCUT2D eigenvalue weighted by Gasteiger charge is -2.18. The van der Waals surface area contributed by atoms with Crippen LogP contribution in [0.3, 0.4) is 0 Å². The van der Waals surface area contributed by atoms with E-state index in [1.807, 2.05) is 0 Å². The van der Waals surface area contributed by atoms with Gasteiger partial charge in [-0.25, -0.2) is 0 Å². The van der Waals surface area contributed by atoms with Crippen LogP contribution in [0, 0.1) is 5.92 Å². The average molecular weight is 113 g/mol. The molecule has 1 fully saturated rings. The van der Waals surface area contributed by atoms with Gasteiger partial charge in [0.05, 0.1) is 0 Å². The maximum absolute atomic E-state index is 2.30. The summed E-state index contributed by atoms with van der Waals surface area (Å²) in [7, 11) is 4.31. The number of nitrogens with zero attached hydrogens (tertiary/aromatic N) is 1. The number of hydrogen-bond acceptors (Lipinski definition) is 1. The molecular formula is C7H15N. The molecule has 0 heterocycles. The van der Waals surface area contributed by atoms with Crippen LogP contribution in [0.4, 0.5) is 0 Å². The normalized spacial score (nSPS) is 24.0. The molecule has 0 aromatic heterocycles. The number of hydrogen-bond donors (Lipinski definition) is 0. The number of rotatable bonds is 2. The zero-order valence-corrected chi connectivity index (χ0v) is 6.02. The zero-order chi connectivity index (χ0) is 6.15. The minimum atomic E-state index is 0.815. The molecule has 0 amide bonds. The van der Waals surface area contributed by atoms with Gasteiger partial charge in [0.15, 0.2) is 0 Å². The van der Waals surface area contributed by atoms with Crippen molar-refractivity contribution < 1.29 is 0 Å². The first-order chi connectivity index (χ1) is 3.72. The molecule has 1 atom stereocenters. The highest BCUT2D eigenvalue weighted by Gasteiger charge is 2.28. The highest BCUT2D eigenvalue weighted by molar-refractivity contribution is 4.82. The molecule has 0 unspecified atom stereocenters. The molecule has 1 saturated carbocycles. The summed E-state index contributed by atoms with van der Waals surface area (Å²) >= 11 is 0. The topological polar surface area (TPSA) is 3.24 Å². The van der Waals surface area contributed by atoms with Gasteiger partial charge in [0.25, 0.3) is 0 Å². The summed E-state index contributed by atoms with van der Waals surface area (Å²) < 4.78 is 0. The molecule has 48 valence electrons. The summed E-state index contributed by atoms with van der Waals surface area (Å²) in [6, 6.07) is 0.815. The van der Waals surface area contributed by atoms with Gasteiger partial charge in [-0.3, -0.25) is 0 Å². The Morgan fingerprint density at radius 2 is 1.88 bits per heavy atom. The van der Waals surface area contributed by atoms with Crippen LogP contribution in [0.2, 0.25) is 0 Å². The van der Waals surface area contributed by atoms with Crippen molar-refractivity contribution in [2.45, 2.75) is 25.8 Å². The fourth-order valence-electron chi connectivity index (χ4n) is 1.00. The molecule has 0 N–H and O–H groups in total. The average Bonchev–Trinajstić information content (AvgIpc) is 2.43. The first-order valence-corrected chi connectivity index (χ1v) is 3.38. The SMILES string of the molecule is C[C@H](C1CC1)N(C)C. The Labute approximate surface area is 51.7 Å².